The second kappa shape index (κ2) is 8.55. The quantitative estimate of drug-likeness (QED) is 0.697. The Morgan fingerprint density at radius 1 is 1.21 bits per heavy atom. The second-order valence-electron chi connectivity index (χ2n) is 6.46. The summed E-state index contributed by atoms with van der Waals surface area (Å²) in [5, 5.41) is 8.58. The molecule has 0 aliphatic heterocycles. The van der Waals surface area contributed by atoms with Gasteiger partial charge >= 0.3 is 12.0 Å². The predicted octanol–water partition coefficient (Wildman–Crippen LogP) is 2.02. The van der Waals surface area contributed by atoms with Crippen molar-refractivity contribution in [1.29, 1.82) is 0 Å². The zero-order valence-electron chi connectivity index (χ0n) is 15.6. The van der Waals surface area contributed by atoms with E-state index in [4.69, 9.17) is 14.0 Å². The van der Waals surface area contributed by atoms with Gasteiger partial charge in [0.15, 0.2) is 6.61 Å². The van der Waals surface area contributed by atoms with Crippen molar-refractivity contribution in [1.82, 2.24) is 15.8 Å². The highest BCUT2D eigenvalue weighted by molar-refractivity contribution is 5.97. The Hall–Kier alpha value is -3.36. The van der Waals surface area contributed by atoms with Crippen molar-refractivity contribution in [2.24, 2.45) is 0 Å². The number of hydrogen-bond acceptors (Lipinski definition) is 7. The van der Waals surface area contributed by atoms with Crippen molar-refractivity contribution in [3.05, 3.63) is 46.8 Å². The Balaban J connectivity index is 1.54. The van der Waals surface area contributed by atoms with E-state index in [0.29, 0.717) is 17.2 Å². The summed E-state index contributed by atoms with van der Waals surface area (Å²) in [5.74, 6) is -0.495. The number of esters is 1. The number of hydrogen-bond donors (Lipinski definition) is 2. The van der Waals surface area contributed by atoms with Crippen molar-refractivity contribution in [3.63, 3.8) is 0 Å². The van der Waals surface area contributed by atoms with E-state index in [9.17, 15) is 14.4 Å². The van der Waals surface area contributed by atoms with Gasteiger partial charge in [-0.15, -0.1) is 0 Å². The zero-order chi connectivity index (χ0) is 20.1. The van der Waals surface area contributed by atoms with Crippen LogP contribution in [0.25, 0.3) is 0 Å². The molecule has 1 aromatic carbocycles. The first-order valence-electron chi connectivity index (χ1n) is 8.85. The van der Waals surface area contributed by atoms with Crippen molar-refractivity contribution >= 4 is 17.9 Å². The van der Waals surface area contributed by atoms with Crippen LogP contribution in [-0.2, 0) is 16.1 Å². The van der Waals surface area contributed by atoms with Crippen LogP contribution in [0.5, 0.6) is 5.75 Å². The van der Waals surface area contributed by atoms with Crippen LogP contribution in [-0.4, -0.2) is 35.7 Å². The summed E-state index contributed by atoms with van der Waals surface area (Å²) in [7, 11) is 0. The molecule has 1 saturated carbocycles. The SMILES string of the molecule is Cc1noc(C)c1COc1ccccc1C(=O)OCC(=O)NC(=O)NC1CC1. The van der Waals surface area contributed by atoms with Gasteiger partial charge in [-0.05, 0) is 38.8 Å². The largest absolute Gasteiger partial charge is 0.488 e. The molecule has 148 valence electrons. The van der Waals surface area contributed by atoms with Gasteiger partial charge in [0.1, 0.15) is 23.7 Å². The van der Waals surface area contributed by atoms with E-state index in [1.54, 1.807) is 32.0 Å². The Bertz CT molecular complexity index is 868. The summed E-state index contributed by atoms with van der Waals surface area (Å²) in [5.41, 5.74) is 1.67. The summed E-state index contributed by atoms with van der Waals surface area (Å²) < 4.78 is 15.8. The number of imide groups is 1. The predicted molar refractivity (Wildman–Crippen MR) is 96.7 cm³/mol. The molecule has 9 heteroatoms. The Labute approximate surface area is 161 Å². The third-order valence-corrected chi connectivity index (χ3v) is 4.16. The number of rotatable bonds is 7. The van der Waals surface area contributed by atoms with Crippen molar-refractivity contribution in [2.45, 2.75) is 39.3 Å². The topological polar surface area (TPSA) is 120 Å². The molecule has 0 saturated heterocycles. The van der Waals surface area contributed by atoms with Crippen LogP contribution in [0.1, 0.15) is 40.2 Å². The number of aryl methyl sites for hydroxylation is 2. The van der Waals surface area contributed by atoms with Crippen LogP contribution in [0.3, 0.4) is 0 Å². The summed E-state index contributed by atoms with van der Waals surface area (Å²) in [4.78, 5) is 35.6. The molecule has 2 aromatic rings. The molecule has 9 nitrogen and oxygen atoms in total. The van der Waals surface area contributed by atoms with Crippen molar-refractivity contribution in [2.75, 3.05) is 6.61 Å². The van der Waals surface area contributed by atoms with Gasteiger partial charge in [-0.2, -0.15) is 0 Å². The minimum atomic E-state index is -0.730. The highest BCUT2D eigenvalue weighted by Crippen LogP contribution is 2.22. The van der Waals surface area contributed by atoms with Gasteiger partial charge in [0.05, 0.1) is 11.3 Å². The van der Waals surface area contributed by atoms with Crippen LogP contribution in [0, 0.1) is 13.8 Å². The highest BCUT2D eigenvalue weighted by Gasteiger charge is 2.24. The summed E-state index contributed by atoms with van der Waals surface area (Å²) in [6, 6.07) is 6.06. The number of benzene rings is 1. The van der Waals surface area contributed by atoms with Gasteiger partial charge in [0.25, 0.3) is 5.91 Å². The third kappa shape index (κ3) is 5.09. The van der Waals surface area contributed by atoms with E-state index < -0.39 is 24.5 Å². The van der Waals surface area contributed by atoms with Gasteiger partial charge in [-0.3, -0.25) is 10.1 Å². The average molecular weight is 387 g/mol. The fraction of sp³-hybridized carbons (Fsp3) is 0.368. The first-order valence-corrected chi connectivity index (χ1v) is 8.85. The number of para-hydroxylation sites is 1. The Kier molecular flexibility index (Phi) is 5.93. The molecule has 0 spiro atoms. The molecule has 0 radical (unpaired) electrons. The van der Waals surface area contributed by atoms with E-state index in [-0.39, 0.29) is 18.2 Å². The molecule has 2 N–H and O–H groups in total. The van der Waals surface area contributed by atoms with E-state index in [0.717, 1.165) is 18.4 Å². The summed E-state index contributed by atoms with van der Waals surface area (Å²) in [6.45, 7) is 3.17. The second-order valence-corrected chi connectivity index (χ2v) is 6.46. The van der Waals surface area contributed by atoms with Gasteiger partial charge < -0.3 is 19.3 Å². The number of carbonyl (C=O) groups excluding carboxylic acids is 3. The molecule has 1 fully saturated rings. The molecule has 1 aromatic heterocycles. The molecule has 3 amide bonds. The molecular weight excluding hydrogens is 366 g/mol. The fourth-order valence-electron chi connectivity index (χ4n) is 2.44. The van der Waals surface area contributed by atoms with Gasteiger partial charge in [-0.1, -0.05) is 17.3 Å². The van der Waals surface area contributed by atoms with E-state index in [1.807, 2.05) is 0 Å². The minimum absolute atomic E-state index is 0.122. The maximum Gasteiger partial charge on any atom is 0.342 e. The molecule has 1 aliphatic rings. The lowest BCUT2D eigenvalue weighted by Gasteiger charge is -2.11. The van der Waals surface area contributed by atoms with Crippen LogP contribution in [0.15, 0.2) is 28.8 Å². The first-order chi connectivity index (χ1) is 13.4. The van der Waals surface area contributed by atoms with Crippen molar-refractivity contribution < 1.29 is 28.4 Å². The molecule has 0 unspecified atom stereocenters. The fourth-order valence-corrected chi connectivity index (χ4v) is 2.44. The number of aromatic nitrogens is 1. The highest BCUT2D eigenvalue weighted by atomic mass is 16.5. The monoisotopic (exact) mass is 387 g/mol. The molecule has 0 atom stereocenters. The zero-order valence-corrected chi connectivity index (χ0v) is 15.6. The molecule has 1 heterocycles. The average Bonchev–Trinajstić information content (AvgIpc) is 3.42. The van der Waals surface area contributed by atoms with Crippen LogP contribution < -0.4 is 15.4 Å². The van der Waals surface area contributed by atoms with Gasteiger partial charge in [0, 0.05) is 6.04 Å². The number of ether oxygens (including phenoxy) is 2. The first kappa shape index (κ1) is 19.4. The van der Waals surface area contributed by atoms with Gasteiger partial charge in [0.2, 0.25) is 0 Å². The van der Waals surface area contributed by atoms with Crippen LogP contribution in [0.4, 0.5) is 4.79 Å². The number of carbonyl (C=O) groups is 3. The van der Waals surface area contributed by atoms with Gasteiger partial charge in [-0.25, -0.2) is 9.59 Å². The van der Waals surface area contributed by atoms with E-state index in [1.165, 1.54) is 6.07 Å². The van der Waals surface area contributed by atoms with Crippen molar-refractivity contribution in [3.8, 4) is 5.75 Å². The number of nitrogens with one attached hydrogen (secondary N) is 2. The maximum absolute atomic E-state index is 12.3. The normalized spacial score (nSPS) is 12.9. The standard InChI is InChI=1S/C19H21N3O6/c1-11-15(12(2)28-22-11)9-26-16-6-4-3-5-14(16)18(24)27-10-17(23)21-19(25)20-13-7-8-13/h3-6,13H,7-10H2,1-2H3,(H2,20,21,23,25). The molecule has 1 aliphatic carbocycles. The van der Waals surface area contributed by atoms with Crippen LogP contribution >= 0.6 is 0 Å². The summed E-state index contributed by atoms with van der Waals surface area (Å²) in [6.07, 6.45) is 1.81. The molecule has 28 heavy (non-hydrogen) atoms. The van der Waals surface area contributed by atoms with E-state index in [2.05, 4.69) is 15.8 Å². The number of nitrogens with zero attached hydrogens (tertiary/aromatic N) is 1. The number of urea groups is 1. The molecule has 0 bridgehead atoms. The third-order valence-electron chi connectivity index (χ3n) is 4.16. The Morgan fingerprint density at radius 3 is 2.64 bits per heavy atom. The maximum atomic E-state index is 12.3. The lowest BCUT2D eigenvalue weighted by atomic mass is 10.2. The minimum Gasteiger partial charge on any atom is -0.488 e. The molecule has 3 rings (SSSR count). The molecular formula is C19H21N3O6. The van der Waals surface area contributed by atoms with E-state index >= 15 is 0 Å². The lowest BCUT2D eigenvalue weighted by Crippen LogP contribution is -2.42. The van der Waals surface area contributed by atoms with Crippen LogP contribution in [0.2, 0.25) is 0 Å². The lowest BCUT2D eigenvalue weighted by molar-refractivity contribution is -0.123. The smallest absolute Gasteiger partial charge is 0.342 e. The number of amides is 3. The Morgan fingerprint density at radius 2 is 1.96 bits per heavy atom. The summed E-state index contributed by atoms with van der Waals surface area (Å²) >= 11 is 0.